The van der Waals surface area contributed by atoms with Gasteiger partial charge in [-0.15, -0.1) is 0 Å². The van der Waals surface area contributed by atoms with Crippen molar-refractivity contribution in [3.8, 4) is 5.75 Å². The maximum Gasteiger partial charge on any atom is 0.240 e. The summed E-state index contributed by atoms with van der Waals surface area (Å²) >= 11 is 0. The molecule has 2 rings (SSSR count). The molecule has 0 aromatic heterocycles. The molecule has 0 bridgehead atoms. The predicted molar refractivity (Wildman–Crippen MR) is 82.7 cm³/mol. The molecule has 1 unspecified atom stereocenters. The number of nitrogens with one attached hydrogen (secondary N) is 1. The second-order valence-corrected chi connectivity index (χ2v) is 6.62. The van der Waals surface area contributed by atoms with Crippen molar-refractivity contribution in [3.63, 3.8) is 0 Å². The van der Waals surface area contributed by atoms with Gasteiger partial charge in [0.25, 0.3) is 0 Å². The van der Waals surface area contributed by atoms with Crippen LogP contribution in [0, 0.1) is 0 Å². The number of rotatable bonds is 6. The monoisotopic (exact) mass is 305 g/mol. The molecule has 0 heterocycles. The van der Waals surface area contributed by atoms with Gasteiger partial charge < -0.3 is 5.11 Å². The van der Waals surface area contributed by atoms with Crippen LogP contribution < -0.4 is 4.72 Å². The van der Waals surface area contributed by atoms with E-state index in [1.165, 1.54) is 0 Å². The van der Waals surface area contributed by atoms with Crippen LogP contribution in [0.5, 0.6) is 5.75 Å². The molecule has 4 nitrogen and oxygen atoms in total. The molecule has 0 radical (unpaired) electrons. The normalized spacial score (nSPS) is 13.0. The fourth-order valence-corrected chi connectivity index (χ4v) is 3.41. The van der Waals surface area contributed by atoms with Crippen LogP contribution in [-0.4, -0.2) is 19.6 Å². The van der Waals surface area contributed by atoms with Gasteiger partial charge in [-0.05, 0) is 42.7 Å². The van der Waals surface area contributed by atoms with Crippen molar-refractivity contribution in [1.29, 1.82) is 0 Å². The van der Waals surface area contributed by atoms with E-state index in [1.54, 1.807) is 54.6 Å². The number of benzene rings is 2. The SMILES string of the molecule is CCC(Cc1ccc(O)cc1)NS(=O)(=O)c1ccccc1. The van der Waals surface area contributed by atoms with Crippen LogP contribution in [0.15, 0.2) is 59.5 Å². The first kappa shape index (κ1) is 15.5. The Bertz CT molecular complexity index is 666. The van der Waals surface area contributed by atoms with Crippen LogP contribution in [0.1, 0.15) is 18.9 Å². The van der Waals surface area contributed by atoms with E-state index in [0.717, 1.165) is 5.56 Å². The van der Waals surface area contributed by atoms with Crippen LogP contribution in [-0.2, 0) is 16.4 Å². The van der Waals surface area contributed by atoms with Gasteiger partial charge in [-0.1, -0.05) is 37.3 Å². The zero-order valence-electron chi connectivity index (χ0n) is 11.9. The summed E-state index contributed by atoms with van der Waals surface area (Å²) in [4.78, 5) is 0.272. The van der Waals surface area contributed by atoms with E-state index in [2.05, 4.69) is 4.72 Å². The third kappa shape index (κ3) is 4.31. The van der Waals surface area contributed by atoms with Crippen molar-refractivity contribution in [2.24, 2.45) is 0 Å². The van der Waals surface area contributed by atoms with Gasteiger partial charge in [-0.3, -0.25) is 0 Å². The van der Waals surface area contributed by atoms with Crippen LogP contribution >= 0.6 is 0 Å². The standard InChI is InChI=1S/C16H19NO3S/c1-2-14(12-13-8-10-15(18)11-9-13)17-21(19,20)16-6-4-3-5-7-16/h3-11,14,17-18H,2,12H2,1H3. The maximum atomic E-state index is 12.3. The van der Waals surface area contributed by atoms with Crippen molar-refractivity contribution in [2.75, 3.05) is 0 Å². The van der Waals surface area contributed by atoms with Crippen LogP contribution in [0.25, 0.3) is 0 Å². The topological polar surface area (TPSA) is 66.4 Å². The second-order valence-electron chi connectivity index (χ2n) is 4.91. The van der Waals surface area contributed by atoms with E-state index in [4.69, 9.17) is 0 Å². The van der Waals surface area contributed by atoms with Gasteiger partial charge in [-0.25, -0.2) is 13.1 Å². The minimum absolute atomic E-state index is 0.181. The molecule has 0 aliphatic carbocycles. The summed E-state index contributed by atoms with van der Waals surface area (Å²) < 4.78 is 27.3. The molecule has 21 heavy (non-hydrogen) atoms. The zero-order valence-corrected chi connectivity index (χ0v) is 12.7. The zero-order chi connectivity index (χ0) is 15.3. The van der Waals surface area contributed by atoms with Crippen LogP contribution in [0.3, 0.4) is 0 Å². The number of sulfonamides is 1. The van der Waals surface area contributed by atoms with Gasteiger partial charge in [0.2, 0.25) is 10.0 Å². The van der Waals surface area contributed by atoms with E-state index in [0.29, 0.717) is 12.8 Å². The lowest BCUT2D eigenvalue weighted by atomic mass is 10.0. The quantitative estimate of drug-likeness (QED) is 0.862. The third-order valence-electron chi connectivity index (χ3n) is 3.29. The van der Waals surface area contributed by atoms with Crippen molar-refractivity contribution in [2.45, 2.75) is 30.7 Å². The minimum Gasteiger partial charge on any atom is -0.508 e. The molecule has 2 aromatic carbocycles. The highest BCUT2D eigenvalue weighted by Crippen LogP contribution is 2.14. The molecule has 0 spiro atoms. The second kappa shape index (κ2) is 6.74. The van der Waals surface area contributed by atoms with Crippen molar-refractivity contribution in [1.82, 2.24) is 4.72 Å². The Morgan fingerprint density at radius 2 is 1.67 bits per heavy atom. The predicted octanol–water partition coefficient (Wildman–Crippen LogP) is 2.69. The van der Waals surface area contributed by atoms with E-state index < -0.39 is 10.0 Å². The lowest BCUT2D eigenvalue weighted by molar-refractivity contribution is 0.474. The molecule has 0 amide bonds. The molecule has 5 heteroatoms. The number of phenolic OH excluding ortho intramolecular Hbond substituents is 1. The molecule has 2 aromatic rings. The van der Waals surface area contributed by atoms with Crippen molar-refractivity contribution >= 4 is 10.0 Å². The molecule has 1 atom stereocenters. The Kier molecular flexibility index (Phi) is 4.98. The molecule has 112 valence electrons. The number of phenols is 1. The van der Waals surface area contributed by atoms with E-state index in [-0.39, 0.29) is 16.7 Å². The average molecular weight is 305 g/mol. The Morgan fingerprint density at radius 3 is 2.24 bits per heavy atom. The minimum atomic E-state index is -3.50. The lowest BCUT2D eigenvalue weighted by Crippen LogP contribution is -2.35. The molecule has 2 N–H and O–H groups in total. The van der Waals surface area contributed by atoms with E-state index in [9.17, 15) is 13.5 Å². The van der Waals surface area contributed by atoms with Gasteiger partial charge in [0, 0.05) is 6.04 Å². The summed E-state index contributed by atoms with van der Waals surface area (Å²) in [5, 5.41) is 9.27. The lowest BCUT2D eigenvalue weighted by Gasteiger charge is -2.17. The van der Waals surface area contributed by atoms with E-state index in [1.807, 2.05) is 6.92 Å². The Labute approximate surface area is 125 Å². The highest BCUT2D eigenvalue weighted by atomic mass is 32.2. The molecule has 0 saturated carbocycles. The maximum absolute atomic E-state index is 12.3. The first-order valence-electron chi connectivity index (χ1n) is 6.86. The molecule has 0 fully saturated rings. The first-order valence-corrected chi connectivity index (χ1v) is 8.35. The Balaban J connectivity index is 2.10. The van der Waals surface area contributed by atoms with Gasteiger partial charge in [0.05, 0.1) is 4.90 Å². The third-order valence-corrected chi connectivity index (χ3v) is 4.82. The summed E-state index contributed by atoms with van der Waals surface area (Å²) in [6.07, 6.45) is 1.27. The molecule has 0 aliphatic heterocycles. The molecule has 0 saturated heterocycles. The summed E-state index contributed by atoms with van der Waals surface area (Å²) in [5.41, 5.74) is 0.982. The Morgan fingerprint density at radius 1 is 1.05 bits per heavy atom. The molecular weight excluding hydrogens is 286 g/mol. The fraction of sp³-hybridized carbons (Fsp3) is 0.250. The largest absolute Gasteiger partial charge is 0.508 e. The van der Waals surface area contributed by atoms with E-state index >= 15 is 0 Å². The fourth-order valence-electron chi connectivity index (χ4n) is 2.07. The first-order chi connectivity index (χ1) is 10.0. The van der Waals surface area contributed by atoms with Gasteiger partial charge in [0.1, 0.15) is 5.75 Å². The van der Waals surface area contributed by atoms with Gasteiger partial charge in [-0.2, -0.15) is 0 Å². The highest BCUT2D eigenvalue weighted by molar-refractivity contribution is 7.89. The summed E-state index contributed by atoms with van der Waals surface area (Å²) in [6, 6.07) is 15.0. The van der Waals surface area contributed by atoms with Gasteiger partial charge in [0.15, 0.2) is 0 Å². The number of hydrogen-bond donors (Lipinski definition) is 2. The highest BCUT2D eigenvalue weighted by Gasteiger charge is 2.18. The smallest absolute Gasteiger partial charge is 0.240 e. The molecular formula is C16H19NO3S. The average Bonchev–Trinajstić information content (AvgIpc) is 2.49. The summed E-state index contributed by atoms with van der Waals surface area (Å²) in [7, 11) is -3.50. The van der Waals surface area contributed by atoms with Crippen molar-refractivity contribution < 1.29 is 13.5 Å². The van der Waals surface area contributed by atoms with Gasteiger partial charge >= 0.3 is 0 Å². The number of hydrogen-bond acceptors (Lipinski definition) is 3. The van der Waals surface area contributed by atoms with Crippen molar-refractivity contribution in [3.05, 3.63) is 60.2 Å². The summed E-state index contributed by atoms with van der Waals surface area (Å²) in [6.45, 7) is 1.94. The van der Waals surface area contributed by atoms with Crippen LogP contribution in [0.2, 0.25) is 0 Å². The number of aromatic hydroxyl groups is 1. The summed E-state index contributed by atoms with van der Waals surface area (Å²) in [5.74, 6) is 0.205. The Hall–Kier alpha value is -1.85. The van der Waals surface area contributed by atoms with Crippen LogP contribution in [0.4, 0.5) is 0 Å². The molecule has 0 aliphatic rings.